The van der Waals surface area contributed by atoms with Crippen LogP contribution in [-0.2, 0) is 10.0 Å². The van der Waals surface area contributed by atoms with Crippen LogP contribution >= 0.6 is 11.3 Å². The summed E-state index contributed by atoms with van der Waals surface area (Å²) in [5.41, 5.74) is 3.82. The fraction of sp³-hybridized carbons (Fsp3) is 0.440. The van der Waals surface area contributed by atoms with E-state index in [4.69, 9.17) is 4.74 Å². The third kappa shape index (κ3) is 4.82. The molecule has 1 saturated heterocycles. The summed E-state index contributed by atoms with van der Waals surface area (Å²) in [6, 6.07) is 10.2. The lowest BCUT2D eigenvalue weighted by Crippen LogP contribution is -2.41. The van der Waals surface area contributed by atoms with Crippen LogP contribution in [0.2, 0.25) is 0 Å². The molecule has 0 bridgehead atoms. The van der Waals surface area contributed by atoms with Crippen LogP contribution in [0, 0.1) is 13.8 Å². The highest BCUT2D eigenvalue weighted by molar-refractivity contribution is 7.89. The van der Waals surface area contributed by atoms with Crippen LogP contribution in [0.15, 0.2) is 41.3 Å². The van der Waals surface area contributed by atoms with Gasteiger partial charge in [0, 0.05) is 44.6 Å². The molecule has 34 heavy (non-hydrogen) atoms. The summed E-state index contributed by atoms with van der Waals surface area (Å²) in [6.07, 6.45) is 1.47. The lowest BCUT2D eigenvalue weighted by Gasteiger charge is -2.31. The van der Waals surface area contributed by atoms with E-state index in [-0.39, 0.29) is 22.9 Å². The first-order valence-corrected chi connectivity index (χ1v) is 13.7. The number of aromatic nitrogens is 1. The number of thiazole rings is 1. The molecule has 0 spiro atoms. The van der Waals surface area contributed by atoms with E-state index in [9.17, 15) is 13.2 Å². The Bertz CT molecular complexity index is 1250. The zero-order chi connectivity index (χ0) is 24.6. The molecule has 0 N–H and O–H groups in total. The number of carbonyl (C=O) groups is 1. The average molecular weight is 502 g/mol. The van der Waals surface area contributed by atoms with Gasteiger partial charge in [-0.2, -0.15) is 4.31 Å². The number of benzene rings is 2. The summed E-state index contributed by atoms with van der Waals surface area (Å²) in [6.45, 7) is 8.95. The van der Waals surface area contributed by atoms with Gasteiger partial charge in [0.1, 0.15) is 6.10 Å². The molecule has 2 aromatic carbocycles. The Morgan fingerprint density at radius 1 is 1.09 bits per heavy atom. The Labute approximate surface area is 205 Å². The fourth-order valence-electron chi connectivity index (χ4n) is 4.01. The number of ether oxygens (including phenoxy) is 1. The number of sulfonamides is 1. The molecule has 4 rings (SSSR count). The summed E-state index contributed by atoms with van der Waals surface area (Å²) in [5, 5.41) is 0.681. The number of rotatable bonds is 6. The van der Waals surface area contributed by atoms with Crippen LogP contribution in [0.1, 0.15) is 48.2 Å². The highest BCUT2D eigenvalue weighted by Crippen LogP contribution is 2.33. The minimum Gasteiger partial charge on any atom is -0.467 e. The number of amides is 1. The summed E-state index contributed by atoms with van der Waals surface area (Å²) in [7, 11) is -2.01. The minimum atomic E-state index is -3.57. The summed E-state index contributed by atoms with van der Waals surface area (Å²) < 4.78 is 34.0. The number of likely N-dealkylation sites (tertiary alicyclic amines) is 1. The number of aryl methyl sites for hydroxylation is 2. The van der Waals surface area contributed by atoms with E-state index in [0.717, 1.165) is 28.6 Å². The van der Waals surface area contributed by atoms with Gasteiger partial charge in [-0.3, -0.25) is 4.79 Å². The molecule has 1 aliphatic heterocycles. The number of nitrogens with zero attached hydrogens (tertiary/aromatic N) is 3. The van der Waals surface area contributed by atoms with E-state index in [2.05, 4.69) is 31.0 Å². The van der Waals surface area contributed by atoms with Gasteiger partial charge in [0.2, 0.25) is 10.0 Å². The van der Waals surface area contributed by atoms with Crippen molar-refractivity contribution in [3.63, 3.8) is 0 Å². The number of hydrogen-bond donors (Lipinski definition) is 0. The molecule has 0 saturated carbocycles. The van der Waals surface area contributed by atoms with E-state index < -0.39 is 10.0 Å². The second-order valence-corrected chi connectivity index (χ2v) is 12.1. The Kier molecular flexibility index (Phi) is 6.98. The molecule has 0 radical (unpaired) electrons. The molecule has 0 unspecified atom stereocenters. The molecule has 0 atom stereocenters. The van der Waals surface area contributed by atoms with Crippen LogP contribution < -0.4 is 4.74 Å². The van der Waals surface area contributed by atoms with Crippen molar-refractivity contribution in [3.05, 3.63) is 53.1 Å². The standard InChI is InChI=1S/C25H31N3O4S2/c1-16(2)27(5)34(30,31)21-10-8-19(9-11-21)24(29)28-14-12-20(13-15-28)32-25-26-22-17(3)6-7-18(4)23(22)33-25/h6-11,16,20H,12-15H2,1-5H3. The smallest absolute Gasteiger partial charge is 0.274 e. The highest BCUT2D eigenvalue weighted by atomic mass is 32.2. The molecule has 2 heterocycles. The minimum absolute atomic E-state index is 0.0179. The molecule has 7 nitrogen and oxygen atoms in total. The third-order valence-corrected chi connectivity index (χ3v) is 9.55. The van der Waals surface area contributed by atoms with E-state index in [0.29, 0.717) is 23.8 Å². The SMILES string of the molecule is Cc1ccc(C)c2sc(OC3CCN(C(=O)c4ccc(S(=O)(=O)N(C)C(C)C)cc4)CC3)nc12. The highest BCUT2D eigenvalue weighted by Gasteiger charge is 2.27. The Hall–Kier alpha value is -2.49. The monoisotopic (exact) mass is 501 g/mol. The molecule has 1 aliphatic rings. The molecular weight excluding hydrogens is 470 g/mol. The third-order valence-electron chi connectivity index (χ3n) is 6.42. The molecule has 9 heteroatoms. The zero-order valence-corrected chi connectivity index (χ0v) is 21.9. The predicted octanol–water partition coefficient (Wildman–Crippen LogP) is 4.63. The van der Waals surface area contributed by atoms with Crippen molar-refractivity contribution in [2.45, 2.75) is 57.6 Å². The number of hydrogen-bond acceptors (Lipinski definition) is 6. The Balaban J connectivity index is 1.37. The van der Waals surface area contributed by atoms with E-state index >= 15 is 0 Å². The van der Waals surface area contributed by atoms with Crippen LogP contribution in [-0.4, -0.2) is 60.8 Å². The van der Waals surface area contributed by atoms with Gasteiger partial charge >= 0.3 is 0 Å². The van der Waals surface area contributed by atoms with E-state index in [1.807, 2.05) is 13.8 Å². The topological polar surface area (TPSA) is 79.8 Å². The molecule has 3 aromatic rings. The summed E-state index contributed by atoms with van der Waals surface area (Å²) >= 11 is 1.58. The van der Waals surface area contributed by atoms with Gasteiger partial charge in [0.25, 0.3) is 11.1 Å². The molecule has 182 valence electrons. The molecule has 1 aromatic heterocycles. The fourth-order valence-corrected chi connectivity index (χ4v) is 6.40. The second kappa shape index (κ2) is 9.64. The maximum absolute atomic E-state index is 13.0. The van der Waals surface area contributed by atoms with Crippen molar-refractivity contribution < 1.29 is 17.9 Å². The van der Waals surface area contributed by atoms with Crippen molar-refractivity contribution >= 4 is 37.5 Å². The van der Waals surface area contributed by atoms with Crippen molar-refractivity contribution in [1.29, 1.82) is 0 Å². The van der Waals surface area contributed by atoms with Crippen LogP contribution in [0.25, 0.3) is 10.2 Å². The van der Waals surface area contributed by atoms with Crippen LogP contribution in [0.5, 0.6) is 5.19 Å². The maximum atomic E-state index is 13.0. The van der Waals surface area contributed by atoms with Crippen molar-refractivity contribution in [2.24, 2.45) is 0 Å². The predicted molar refractivity (Wildman–Crippen MR) is 135 cm³/mol. The second-order valence-electron chi connectivity index (χ2n) is 9.11. The number of carbonyl (C=O) groups excluding carboxylic acids is 1. The number of piperidine rings is 1. The van der Waals surface area contributed by atoms with Gasteiger partial charge in [-0.25, -0.2) is 13.4 Å². The first-order chi connectivity index (χ1) is 16.1. The van der Waals surface area contributed by atoms with Crippen LogP contribution in [0.3, 0.4) is 0 Å². The summed E-state index contributed by atoms with van der Waals surface area (Å²) in [5.74, 6) is -0.0918. The van der Waals surface area contributed by atoms with Crippen molar-refractivity contribution in [3.8, 4) is 5.19 Å². The first-order valence-electron chi connectivity index (χ1n) is 11.5. The molecule has 1 fully saturated rings. The van der Waals surface area contributed by atoms with Gasteiger partial charge in [-0.15, -0.1) is 0 Å². The van der Waals surface area contributed by atoms with Crippen molar-refractivity contribution in [2.75, 3.05) is 20.1 Å². The summed E-state index contributed by atoms with van der Waals surface area (Å²) in [4.78, 5) is 19.6. The van der Waals surface area contributed by atoms with Gasteiger partial charge in [0.05, 0.1) is 15.1 Å². The van der Waals surface area contributed by atoms with Gasteiger partial charge in [-0.05, 0) is 63.1 Å². The largest absolute Gasteiger partial charge is 0.467 e. The molecule has 0 aliphatic carbocycles. The Morgan fingerprint density at radius 3 is 2.29 bits per heavy atom. The Morgan fingerprint density at radius 2 is 1.71 bits per heavy atom. The maximum Gasteiger partial charge on any atom is 0.274 e. The zero-order valence-electron chi connectivity index (χ0n) is 20.2. The first kappa shape index (κ1) is 24.6. The average Bonchev–Trinajstić information content (AvgIpc) is 3.26. The van der Waals surface area contributed by atoms with E-state index in [1.165, 1.54) is 22.0 Å². The van der Waals surface area contributed by atoms with Gasteiger partial charge in [-0.1, -0.05) is 23.5 Å². The molecule has 1 amide bonds. The van der Waals surface area contributed by atoms with E-state index in [1.54, 1.807) is 35.4 Å². The normalized spacial score (nSPS) is 15.4. The van der Waals surface area contributed by atoms with Crippen molar-refractivity contribution in [1.82, 2.24) is 14.2 Å². The quantitative estimate of drug-likeness (QED) is 0.492. The molecular formula is C25H31N3O4S2. The van der Waals surface area contributed by atoms with Crippen LogP contribution in [0.4, 0.5) is 0 Å². The van der Waals surface area contributed by atoms with Gasteiger partial charge in [0.15, 0.2) is 0 Å². The number of fused-ring (bicyclic) bond motifs is 1. The lowest BCUT2D eigenvalue weighted by molar-refractivity contribution is 0.0595. The lowest BCUT2D eigenvalue weighted by atomic mass is 10.1. The van der Waals surface area contributed by atoms with Gasteiger partial charge < -0.3 is 9.64 Å².